The third-order valence-corrected chi connectivity index (χ3v) is 9.51. The number of hydrogen-bond donors (Lipinski definition) is 2. The molecule has 0 aromatic rings. The van der Waals surface area contributed by atoms with Gasteiger partial charge in [0.15, 0.2) is 6.10 Å². The molecule has 0 saturated heterocycles. The van der Waals surface area contributed by atoms with Crippen LogP contribution < -0.4 is 4.89 Å². The van der Waals surface area contributed by atoms with E-state index in [2.05, 4.69) is 67.7 Å². The van der Waals surface area contributed by atoms with Gasteiger partial charge in [-0.3, -0.25) is 14.2 Å². The number of nitrogens with zero attached hydrogens (tertiary/aromatic N) is 1. The molecular formula is C52H80NO10P. The van der Waals surface area contributed by atoms with Gasteiger partial charge in [-0.15, -0.1) is 0 Å². The highest BCUT2D eigenvalue weighted by atomic mass is 31.2. The highest BCUT2D eigenvalue weighted by molar-refractivity contribution is 7.45. The Bertz CT molecular complexity index is 1620. The Morgan fingerprint density at radius 3 is 1.44 bits per heavy atom. The zero-order chi connectivity index (χ0) is 47.4. The molecule has 0 heterocycles. The number of aliphatic hydroxyl groups is 2. The van der Waals surface area contributed by atoms with E-state index in [-0.39, 0.29) is 26.1 Å². The number of aliphatic hydroxyl groups excluding tert-OH is 2. The van der Waals surface area contributed by atoms with E-state index in [1.54, 1.807) is 36.5 Å². The van der Waals surface area contributed by atoms with E-state index in [1.807, 2.05) is 76.7 Å². The largest absolute Gasteiger partial charge is 0.756 e. The first kappa shape index (κ1) is 59.8. The molecule has 0 aromatic heterocycles. The van der Waals surface area contributed by atoms with Crippen LogP contribution in [0.5, 0.6) is 0 Å². The van der Waals surface area contributed by atoms with Crippen LogP contribution in [0.3, 0.4) is 0 Å². The van der Waals surface area contributed by atoms with Gasteiger partial charge in [0.05, 0.1) is 40.0 Å². The van der Waals surface area contributed by atoms with Crippen LogP contribution in [0.15, 0.2) is 146 Å². The van der Waals surface area contributed by atoms with Crippen molar-refractivity contribution in [3.63, 3.8) is 0 Å². The molecule has 0 aliphatic carbocycles. The first-order valence-corrected chi connectivity index (χ1v) is 24.2. The van der Waals surface area contributed by atoms with Gasteiger partial charge in [-0.25, -0.2) is 0 Å². The topological polar surface area (TPSA) is 152 Å². The zero-order valence-electron chi connectivity index (χ0n) is 39.4. The van der Waals surface area contributed by atoms with Crippen LogP contribution >= 0.6 is 7.82 Å². The average molecular weight is 910 g/mol. The average Bonchev–Trinajstić information content (AvgIpc) is 3.24. The maximum Gasteiger partial charge on any atom is 0.306 e. The van der Waals surface area contributed by atoms with Crippen LogP contribution in [-0.4, -0.2) is 92.5 Å². The second-order valence-electron chi connectivity index (χ2n) is 15.7. The summed E-state index contributed by atoms with van der Waals surface area (Å²) in [6.45, 7) is 3.58. The van der Waals surface area contributed by atoms with Gasteiger partial charge in [0, 0.05) is 12.8 Å². The number of ether oxygens (including phenoxy) is 2. The van der Waals surface area contributed by atoms with Crippen LogP contribution in [0.4, 0.5) is 0 Å². The van der Waals surface area contributed by atoms with Gasteiger partial charge in [0.1, 0.15) is 19.8 Å². The highest BCUT2D eigenvalue weighted by Crippen LogP contribution is 2.38. The van der Waals surface area contributed by atoms with Crippen molar-refractivity contribution >= 4 is 19.8 Å². The smallest absolute Gasteiger partial charge is 0.306 e. The van der Waals surface area contributed by atoms with E-state index in [0.29, 0.717) is 43.1 Å². The minimum atomic E-state index is -4.70. The molecule has 0 bridgehead atoms. The number of carbonyl (C=O) groups excluding carboxylic acids is 2. The van der Waals surface area contributed by atoms with Crippen LogP contribution in [0.1, 0.15) is 104 Å². The van der Waals surface area contributed by atoms with Crippen molar-refractivity contribution in [2.45, 2.75) is 122 Å². The lowest BCUT2D eigenvalue weighted by molar-refractivity contribution is -0.870. The number of hydrogen-bond acceptors (Lipinski definition) is 10. The van der Waals surface area contributed by atoms with Gasteiger partial charge < -0.3 is 38.1 Å². The molecule has 0 rings (SSSR count). The minimum Gasteiger partial charge on any atom is -0.756 e. The fourth-order valence-electron chi connectivity index (χ4n) is 5.00. The fraction of sp³-hybridized carbons (Fsp3) is 0.500. The number of allylic oxidation sites excluding steroid dienone is 20. The quantitative estimate of drug-likeness (QED) is 0.0201. The van der Waals surface area contributed by atoms with Crippen molar-refractivity contribution in [1.82, 2.24) is 0 Å². The predicted octanol–water partition coefficient (Wildman–Crippen LogP) is 10.5. The second-order valence-corrected chi connectivity index (χ2v) is 17.1. The molecule has 0 spiro atoms. The van der Waals surface area contributed by atoms with Crippen LogP contribution in [-0.2, 0) is 32.7 Å². The van der Waals surface area contributed by atoms with Crippen molar-refractivity contribution in [1.29, 1.82) is 0 Å². The molecule has 0 saturated carbocycles. The number of phosphoric acid groups is 1. The Morgan fingerprint density at radius 2 is 0.969 bits per heavy atom. The van der Waals surface area contributed by atoms with Gasteiger partial charge in [-0.2, -0.15) is 0 Å². The Balaban J connectivity index is 4.72. The van der Waals surface area contributed by atoms with Gasteiger partial charge in [-0.05, 0) is 77.0 Å². The molecular weight excluding hydrogens is 830 g/mol. The van der Waals surface area contributed by atoms with E-state index < -0.39 is 44.7 Å². The summed E-state index contributed by atoms with van der Waals surface area (Å²) in [4.78, 5) is 37.5. The number of phosphoric ester groups is 1. The first-order valence-electron chi connectivity index (χ1n) is 22.8. The first-order chi connectivity index (χ1) is 30.8. The lowest BCUT2D eigenvalue weighted by Gasteiger charge is -2.28. The summed E-state index contributed by atoms with van der Waals surface area (Å²) in [6, 6.07) is 0. The molecule has 0 aliphatic rings. The zero-order valence-corrected chi connectivity index (χ0v) is 40.3. The summed E-state index contributed by atoms with van der Waals surface area (Å²) in [6.07, 6.45) is 54.0. The number of esters is 2. The summed E-state index contributed by atoms with van der Waals surface area (Å²) in [5.41, 5.74) is 0. The number of likely N-dealkylation sites (N-methyl/N-ethyl adjacent to an activating group) is 1. The molecule has 0 radical (unpaired) electrons. The monoisotopic (exact) mass is 910 g/mol. The van der Waals surface area contributed by atoms with Gasteiger partial charge in [-0.1, -0.05) is 160 Å². The van der Waals surface area contributed by atoms with Gasteiger partial charge in [0.25, 0.3) is 7.82 Å². The Hall–Kier alpha value is -4.19. The number of carbonyl (C=O) groups is 2. The highest BCUT2D eigenvalue weighted by Gasteiger charge is 2.21. The summed E-state index contributed by atoms with van der Waals surface area (Å²) < 4.78 is 33.6. The maximum atomic E-state index is 12.7. The van der Waals surface area contributed by atoms with Crippen LogP contribution in [0, 0.1) is 0 Å². The van der Waals surface area contributed by atoms with E-state index >= 15 is 0 Å². The third kappa shape index (κ3) is 44.4. The molecule has 11 nitrogen and oxygen atoms in total. The van der Waals surface area contributed by atoms with Crippen molar-refractivity contribution in [2.24, 2.45) is 0 Å². The molecule has 64 heavy (non-hydrogen) atoms. The minimum absolute atomic E-state index is 0.0515. The summed E-state index contributed by atoms with van der Waals surface area (Å²) in [7, 11) is 0.987. The van der Waals surface area contributed by atoms with Crippen molar-refractivity contribution < 1.29 is 52.3 Å². The normalized spacial score (nSPS) is 15.8. The Kier molecular flexibility index (Phi) is 38.8. The number of rotatable bonds is 38. The van der Waals surface area contributed by atoms with E-state index in [4.69, 9.17) is 18.5 Å². The standard InChI is InChI=1S/C52H80NO10P/c1-6-8-10-11-12-13-14-15-16-17-18-19-20-21-22-23-24-29-37-43-52(57)63-50(47-62-64(58,59)61-45-44-53(3,4)5)46-60-51(56)42-36-28-26-25-27-33-39-49(55)41-35-31-30-34-40-48(54)38-32-9-7-2/h8-10,12-13,15-16,18-19,21-22,24,26-35,40-41,48-50,54-55H,6-7,11,14,17,20,23,25,36-39,42-47H2,1-5H3/b10-8-,13-12-,16-15-,19-18-,22-21-,28-26-,29-24-,31-30-,32-9-,33-27-,40-34+,41-35+/t48-,49+,50-/m1/s1. The van der Waals surface area contributed by atoms with Crippen molar-refractivity contribution in [3.05, 3.63) is 146 Å². The summed E-state index contributed by atoms with van der Waals surface area (Å²) in [5, 5.41) is 20.0. The van der Waals surface area contributed by atoms with Gasteiger partial charge >= 0.3 is 11.9 Å². The van der Waals surface area contributed by atoms with E-state index in [9.17, 15) is 29.3 Å². The van der Waals surface area contributed by atoms with Gasteiger partial charge in [0.2, 0.25) is 0 Å². The number of quaternary nitrogens is 1. The van der Waals surface area contributed by atoms with E-state index in [1.165, 1.54) is 0 Å². The molecule has 0 amide bonds. The molecule has 0 fully saturated rings. The molecule has 4 atom stereocenters. The Labute approximate surface area is 386 Å². The van der Waals surface area contributed by atoms with Crippen LogP contribution in [0.25, 0.3) is 0 Å². The summed E-state index contributed by atoms with van der Waals surface area (Å²) in [5.74, 6) is -1.12. The van der Waals surface area contributed by atoms with Crippen LogP contribution in [0.2, 0.25) is 0 Å². The molecule has 0 aromatic carbocycles. The fourth-order valence-corrected chi connectivity index (χ4v) is 5.72. The molecule has 358 valence electrons. The molecule has 2 N–H and O–H groups in total. The van der Waals surface area contributed by atoms with Crippen molar-refractivity contribution in [2.75, 3.05) is 47.5 Å². The van der Waals surface area contributed by atoms with E-state index in [0.717, 1.165) is 44.9 Å². The predicted molar refractivity (Wildman–Crippen MR) is 261 cm³/mol. The third-order valence-electron chi connectivity index (χ3n) is 8.55. The molecule has 1 unspecified atom stereocenters. The lowest BCUT2D eigenvalue weighted by atomic mass is 10.2. The lowest BCUT2D eigenvalue weighted by Crippen LogP contribution is -2.37. The summed E-state index contributed by atoms with van der Waals surface area (Å²) >= 11 is 0. The second kappa shape index (κ2) is 41.5. The maximum absolute atomic E-state index is 12.7. The van der Waals surface area contributed by atoms with Crippen molar-refractivity contribution in [3.8, 4) is 0 Å². The Morgan fingerprint density at radius 1 is 0.562 bits per heavy atom. The molecule has 12 heteroatoms. The SMILES string of the molecule is CC/C=C\C/C=C\C/C=C\C/C=C\C/C=C\C/C=C\CCC(=O)O[C@H](COC(=O)CC/C=C\C/C=C\C[C@H](O)/C=C/C=C\C=C\[C@H](O)C/C=C\CC)COP(=O)([O-])OCC[N+](C)(C)C. The molecule has 0 aliphatic heterocycles.